The zero-order valence-corrected chi connectivity index (χ0v) is 13.7. The highest BCUT2D eigenvalue weighted by Gasteiger charge is 2.33. The molecule has 0 saturated carbocycles. The van der Waals surface area contributed by atoms with Crippen LogP contribution in [0, 0.1) is 0 Å². The molecule has 1 aliphatic heterocycles. The summed E-state index contributed by atoms with van der Waals surface area (Å²) in [6, 6.07) is 18.6. The van der Waals surface area contributed by atoms with Crippen LogP contribution in [0.2, 0.25) is 0 Å². The fourth-order valence-electron chi connectivity index (χ4n) is 2.96. The third-order valence-electron chi connectivity index (χ3n) is 4.26. The number of rotatable bonds is 3. The van der Waals surface area contributed by atoms with Crippen LogP contribution in [0.3, 0.4) is 0 Å². The molecule has 3 rings (SSSR count). The van der Waals surface area contributed by atoms with Gasteiger partial charge in [0.2, 0.25) is 0 Å². The van der Waals surface area contributed by atoms with Crippen LogP contribution in [0.15, 0.2) is 60.7 Å². The van der Waals surface area contributed by atoms with Gasteiger partial charge in [0.1, 0.15) is 6.04 Å². The van der Waals surface area contributed by atoms with Gasteiger partial charge in [-0.1, -0.05) is 36.4 Å². The van der Waals surface area contributed by atoms with Crippen LogP contribution in [0.5, 0.6) is 0 Å². The van der Waals surface area contributed by atoms with Crippen molar-refractivity contribution in [3.05, 3.63) is 60.7 Å². The first-order chi connectivity index (χ1) is 11.6. The van der Waals surface area contributed by atoms with E-state index in [1.165, 1.54) is 0 Å². The zero-order valence-electron chi connectivity index (χ0n) is 13.7. The van der Waals surface area contributed by atoms with E-state index < -0.39 is 6.04 Å². The van der Waals surface area contributed by atoms with Crippen molar-refractivity contribution >= 4 is 23.2 Å². The minimum absolute atomic E-state index is 0.00107. The molecule has 2 aromatic rings. The van der Waals surface area contributed by atoms with Crippen LogP contribution < -0.4 is 10.2 Å². The molecule has 2 aromatic carbocycles. The number of hydrogen-bond acceptors (Lipinski definition) is 3. The maximum atomic E-state index is 12.6. The van der Waals surface area contributed by atoms with Crippen LogP contribution >= 0.6 is 0 Å². The lowest BCUT2D eigenvalue weighted by Crippen LogP contribution is -2.58. The van der Waals surface area contributed by atoms with E-state index in [0.29, 0.717) is 19.6 Å². The number of nitrogens with one attached hydrogen (secondary N) is 1. The molecule has 5 nitrogen and oxygen atoms in total. The molecule has 1 aliphatic rings. The fourth-order valence-corrected chi connectivity index (χ4v) is 2.96. The van der Waals surface area contributed by atoms with Crippen LogP contribution in [0.25, 0.3) is 0 Å². The standard InChI is InChI=1S/C19H21N3O2/c1-15(23)18-14-21(17-10-6-3-7-11-17)12-13-22(18)19(24)20-16-8-4-2-5-9-16/h2-11,18H,12-14H2,1H3,(H,20,24). The van der Waals surface area contributed by atoms with Crippen molar-refractivity contribution in [3.63, 3.8) is 0 Å². The number of hydrogen-bond donors (Lipinski definition) is 1. The van der Waals surface area contributed by atoms with Gasteiger partial charge in [-0.3, -0.25) is 4.79 Å². The Kier molecular flexibility index (Phi) is 4.79. The zero-order chi connectivity index (χ0) is 16.9. The number of nitrogens with zero attached hydrogens (tertiary/aromatic N) is 2. The molecule has 1 unspecified atom stereocenters. The molecular formula is C19H21N3O2. The van der Waals surface area contributed by atoms with Gasteiger partial charge in [-0.25, -0.2) is 4.79 Å². The second-order valence-corrected chi connectivity index (χ2v) is 5.90. The predicted molar refractivity (Wildman–Crippen MR) is 95.3 cm³/mol. The second kappa shape index (κ2) is 7.17. The van der Waals surface area contributed by atoms with Gasteiger partial charge in [0, 0.05) is 31.0 Å². The average molecular weight is 323 g/mol. The Hall–Kier alpha value is -2.82. The summed E-state index contributed by atoms with van der Waals surface area (Å²) in [5.74, 6) is -0.00107. The molecule has 1 N–H and O–H groups in total. The number of piperazine rings is 1. The maximum absolute atomic E-state index is 12.6. The number of carbonyl (C=O) groups excluding carboxylic acids is 2. The van der Waals surface area contributed by atoms with Gasteiger partial charge in [0.15, 0.2) is 5.78 Å². The van der Waals surface area contributed by atoms with Crippen molar-refractivity contribution in [1.29, 1.82) is 0 Å². The summed E-state index contributed by atoms with van der Waals surface area (Å²) < 4.78 is 0. The smallest absolute Gasteiger partial charge is 0.322 e. The molecule has 0 spiro atoms. The Bertz CT molecular complexity index is 703. The Balaban J connectivity index is 1.72. The van der Waals surface area contributed by atoms with Gasteiger partial charge in [-0.15, -0.1) is 0 Å². The first-order valence-electron chi connectivity index (χ1n) is 8.08. The third-order valence-corrected chi connectivity index (χ3v) is 4.26. The monoisotopic (exact) mass is 323 g/mol. The van der Waals surface area contributed by atoms with E-state index in [1.54, 1.807) is 11.8 Å². The Morgan fingerprint density at radius 2 is 1.58 bits per heavy atom. The number of para-hydroxylation sites is 2. The van der Waals surface area contributed by atoms with E-state index >= 15 is 0 Å². The average Bonchev–Trinajstić information content (AvgIpc) is 2.62. The molecule has 1 saturated heterocycles. The quantitative estimate of drug-likeness (QED) is 0.945. The molecule has 1 atom stereocenters. The summed E-state index contributed by atoms with van der Waals surface area (Å²) in [5.41, 5.74) is 1.81. The largest absolute Gasteiger partial charge is 0.367 e. The highest BCUT2D eigenvalue weighted by molar-refractivity contribution is 5.94. The maximum Gasteiger partial charge on any atom is 0.322 e. The minimum atomic E-state index is -0.442. The van der Waals surface area contributed by atoms with Crippen LogP contribution in [0.1, 0.15) is 6.92 Å². The molecule has 0 radical (unpaired) electrons. The number of amides is 2. The van der Waals surface area contributed by atoms with Crippen molar-refractivity contribution in [2.24, 2.45) is 0 Å². The Morgan fingerprint density at radius 3 is 2.21 bits per heavy atom. The molecular weight excluding hydrogens is 302 g/mol. The molecule has 1 fully saturated rings. The fraction of sp³-hybridized carbons (Fsp3) is 0.263. The normalized spacial score (nSPS) is 17.5. The van der Waals surface area contributed by atoms with E-state index in [2.05, 4.69) is 10.2 Å². The summed E-state index contributed by atoms with van der Waals surface area (Å²) in [6.07, 6.45) is 0. The van der Waals surface area contributed by atoms with Crippen molar-refractivity contribution in [1.82, 2.24) is 4.90 Å². The molecule has 124 valence electrons. The van der Waals surface area contributed by atoms with Crippen molar-refractivity contribution in [3.8, 4) is 0 Å². The summed E-state index contributed by atoms with van der Waals surface area (Å²) >= 11 is 0. The second-order valence-electron chi connectivity index (χ2n) is 5.90. The highest BCUT2D eigenvalue weighted by atomic mass is 16.2. The predicted octanol–water partition coefficient (Wildman–Crippen LogP) is 3.00. The topological polar surface area (TPSA) is 52.7 Å². The summed E-state index contributed by atoms with van der Waals surface area (Å²) in [6.45, 7) is 3.28. The SMILES string of the molecule is CC(=O)C1CN(c2ccccc2)CCN1C(=O)Nc1ccccc1. The van der Waals surface area contributed by atoms with E-state index in [9.17, 15) is 9.59 Å². The van der Waals surface area contributed by atoms with Gasteiger partial charge >= 0.3 is 6.03 Å². The number of benzene rings is 2. The molecule has 5 heteroatoms. The van der Waals surface area contributed by atoms with Gasteiger partial charge in [-0.05, 0) is 31.2 Å². The number of urea groups is 1. The lowest BCUT2D eigenvalue weighted by Gasteiger charge is -2.41. The Morgan fingerprint density at radius 1 is 0.958 bits per heavy atom. The van der Waals surface area contributed by atoms with E-state index in [1.807, 2.05) is 60.7 Å². The van der Waals surface area contributed by atoms with Crippen LogP contribution in [0.4, 0.5) is 16.2 Å². The lowest BCUT2D eigenvalue weighted by molar-refractivity contribution is -0.121. The molecule has 0 aliphatic carbocycles. The van der Waals surface area contributed by atoms with E-state index in [-0.39, 0.29) is 11.8 Å². The van der Waals surface area contributed by atoms with E-state index in [4.69, 9.17) is 0 Å². The van der Waals surface area contributed by atoms with Crippen molar-refractivity contribution in [2.45, 2.75) is 13.0 Å². The van der Waals surface area contributed by atoms with Gasteiger partial charge in [-0.2, -0.15) is 0 Å². The number of carbonyl (C=O) groups is 2. The number of Topliss-reactive ketones (excluding diaryl/α,β-unsaturated/α-hetero) is 1. The molecule has 2 amide bonds. The van der Waals surface area contributed by atoms with E-state index in [0.717, 1.165) is 11.4 Å². The first-order valence-corrected chi connectivity index (χ1v) is 8.08. The molecule has 0 bridgehead atoms. The minimum Gasteiger partial charge on any atom is -0.367 e. The Labute approximate surface area is 141 Å². The first kappa shape index (κ1) is 16.1. The summed E-state index contributed by atoms with van der Waals surface area (Å²) in [4.78, 5) is 28.4. The van der Waals surface area contributed by atoms with Gasteiger partial charge in [0.05, 0.1) is 0 Å². The number of anilines is 2. The summed E-state index contributed by atoms with van der Waals surface area (Å²) in [5, 5.41) is 2.87. The third kappa shape index (κ3) is 3.56. The van der Waals surface area contributed by atoms with Crippen LogP contribution in [-0.2, 0) is 4.79 Å². The van der Waals surface area contributed by atoms with Crippen molar-refractivity contribution in [2.75, 3.05) is 29.9 Å². The van der Waals surface area contributed by atoms with Gasteiger partial charge < -0.3 is 15.1 Å². The van der Waals surface area contributed by atoms with Crippen LogP contribution in [-0.4, -0.2) is 42.4 Å². The van der Waals surface area contributed by atoms with Gasteiger partial charge in [0.25, 0.3) is 0 Å². The summed E-state index contributed by atoms with van der Waals surface area (Å²) in [7, 11) is 0. The molecule has 24 heavy (non-hydrogen) atoms. The lowest BCUT2D eigenvalue weighted by atomic mass is 10.1. The number of ketones is 1. The van der Waals surface area contributed by atoms with Crippen molar-refractivity contribution < 1.29 is 9.59 Å². The molecule has 1 heterocycles. The highest BCUT2D eigenvalue weighted by Crippen LogP contribution is 2.20. The molecule has 0 aromatic heterocycles.